The lowest BCUT2D eigenvalue weighted by Gasteiger charge is -2.10. The number of rotatable bonds is 10. The third-order valence-corrected chi connectivity index (χ3v) is 5.64. The Labute approximate surface area is 174 Å². The molecule has 0 aliphatic rings. The predicted molar refractivity (Wildman–Crippen MR) is 114 cm³/mol. The van der Waals surface area contributed by atoms with Crippen LogP contribution in [0.1, 0.15) is 17.5 Å². The second-order valence-corrected chi connectivity index (χ2v) is 7.68. The summed E-state index contributed by atoms with van der Waals surface area (Å²) in [6, 6.07) is 11.4. The van der Waals surface area contributed by atoms with Gasteiger partial charge in [0.1, 0.15) is 0 Å². The third-order valence-electron chi connectivity index (χ3n) is 3.90. The summed E-state index contributed by atoms with van der Waals surface area (Å²) in [4.78, 5) is 11.9. The number of halogens is 2. The number of carbonyl (C=O) groups is 1. The molecule has 0 heterocycles. The highest BCUT2D eigenvalue weighted by atomic mass is 35.5. The van der Waals surface area contributed by atoms with Crippen LogP contribution in [0.3, 0.4) is 0 Å². The van der Waals surface area contributed by atoms with E-state index in [1.165, 1.54) is 0 Å². The Morgan fingerprint density at radius 1 is 1.00 bits per heavy atom. The van der Waals surface area contributed by atoms with Crippen molar-refractivity contribution in [3.8, 4) is 11.5 Å². The molecule has 7 heteroatoms. The molecule has 27 heavy (non-hydrogen) atoms. The maximum Gasteiger partial charge on any atom is 0.230 e. The number of amides is 1. The molecule has 0 saturated heterocycles. The maximum absolute atomic E-state index is 11.9. The second-order valence-electron chi connectivity index (χ2n) is 5.88. The molecule has 1 N–H and O–H groups in total. The Hall–Kier alpha value is -1.56. The van der Waals surface area contributed by atoms with Gasteiger partial charge in [0.25, 0.3) is 0 Å². The first-order chi connectivity index (χ1) is 13.0. The zero-order chi connectivity index (χ0) is 19.6. The molecule has 0 fully saturated rings. The molecule has 0 bridgehead atoms. The van der Waals surface area contributed by atoms with E-state index in [9.17, 15) is 4.79 Å². The summed E-state index contributed by atoms with van der Waals surface area (Å²) >= 11 is 13.4. The van der Waals surface area contributed by atoms with Crippen LogP contribution in [-0.4, -0.2) is 32.4 Å². The number of carbonyl (C=O) groups excluding carboxylic acids is 1. The summed E-state index contributed by atoms with van der Waals surface area (Å²) in [5.74, 6) is 2.60. The van der Waals surface area contributed by atoms with Crippen molar-refractivity contribution in [1.29, 1.82) is 0 Å². The zero-order valence-electron chi connectivity index (χ0n) is 15.4. The summed E-state index contributed by atoms with van der Waals surface area (Å²) in [5.41, 5.74) is 2.20. The monoisotopic (exact) mass is 427 g/mol. The van der Waals surface area contributed by atoms with Crippen molar-refractivity contribution in [3.63, 3.8) is 0 Å². The van der Waals surface area contributed by atoms with Gasteiger partial charge in [0, 0.05) is 12.3 Å². The van der Waals surface area contributed by atoms with Gasteiger partial charge in [-0.2, -0.15) is 0 Å². The molecule has 0 aliphatic carbocycles. The van der Waals surface area contributed by atoms with E-state index in [4.69, 9.17) is 32.7 Å². The van der Waals surface area contributed by atoms with Gasteiger partial charge in [-0.05, 0) is 48.2 Å². The van der Waals surface area contributed by atoms with E-state index in [1.54, 1.807) is 32.0 Å². The number of hydrogen-bond acceptors (Lipinski definition) is 4. The van der Waals surface area contributed by atoms with E-state index in [2.05, 4.69) is 5.32 Å². The Kier molecular flexibility index (Phi) is 9.11. The van der Waals surface area contributed by atoms with Gasteiger partial charge in [-0.25, -0.2) is 0 Å². The Bertz CT molecular complexity index is 771. The summed E-state index contributed by atoms with van der Waals surface area (Å²) in [6.07, 6.45) is 1.72. The van der Waals surface area contributed by atoms with Gasteiger partial charge >= 0.3 is 0 Å². The average molecular weight is 428 g/mol. The van der Waals surface area contributed by atoms with Gasteiger partial charge in [-0.15, -0.1) is 11.8 Å². The highest BCUT2D eigenvalue weighted by Gasteiger charge is 2.06. The smallest absolute Gasteiger partial charge is 0.230 e. The van der Waals surface area contributed by atoms with E-state index in [-0.39, 0.29) is 5.91 Å². The van der Waals surface area contributed by atoms with Gasteiger partial charge in [0.15, 0.2) is 11.5 Å². The molecule has 0 aromatic heterocycles. The topological polar surface area (TPSA) is 47.6 Å². The molecule has 1 amide bonds. The van der Waals surface area contributed by atoms with Crippen molar-refractivity contribution in [2.24, 2.45) is 0 Å². The van der Waals surface area contributed by atoms with Crippen LogP contribution in [0.15, 0.2) is 36.4 Å². The molecular formula is C20H23Cl2NO3S. The standard InChI is InChI=1S/C20H23Cl2NO3S/c1-25-18-8-6-14(11-19(18)26-2)4-3-9-23-20(24)13-27-12-15-5-7-16(21)17(22)10-15/h5-8,10-11H,3-4,9,12-13H2,1-2H3,(H,23,24). The van der Waals surface area contributed by atoms with Crippen LogP contribution in [-0.2, 0) is 17.0 Å². The minimum Gasteiger partial charge on any atom is -0.493 e. The van der Waals surface area contributed by atoms with Crippen molar-refractivity contribution in [3.05, 3.63) is 57.6 Å². The van der Waals surface area contributed by atoms with E-state index in [0.717, 1.165) is 35.5 Å². The average Bonchev–Trinajstić information content (AvgIpc) is 2.67. The number of ether oxygens (including phenoxy) is 2. The first-order valence-corrected chi connectivity index (χ1v) is 10.4. The third kappa shape index (κ3) is 7.17. The summed E-state index contributed by atoms with van der Waals surface area (Å²) < 4.78 is 10.5. The number of aryl methyl sites for hydroxylation is 1. The highest BCUT2D eigenvalue weighted by Crippen LogP contribution is 2.28. The molecule has 0 spiro atoms. The lowest BCUT2D eigenvalue weighted by molar-refractivity contribution is -0.118. The molecule has 0 aliphatic heterocycles. The molecule has 0 atom stereocenters. The van der Waals surface area contributed by atoms with Crippen LogP contribution >= 0.6 is 35.0 Å². The van der Waals surface area contributed by atoms with Crippen molar-refractivity contribution < 1.29 is 14.3 Å². The number of thioether (sulfide) groups is 1. The lowest BCUT2D eigenvalue weighted by Crippen LogP contribution is -2.26. The Balaban J connectivity index is 1.65. The Morgan fingerprint density at radius 2 is 1.74 bits per heavy atom. The second kappa shape index (κ2) is 11.3. The first kappa shape index (κ1) is 21.7. The Morgan fingerprint density at radius 3 is 2.44 bits per heavy atom. The van der Waals surface area contributed by atoms with Crippen molar-refractivity contribution in [1.82, 2.24) is 5.32 Å². The van der Waals surface area contributed by atoms with Crippen LogP contribution in [0.4, 0.5) is 0 Å². The molecule has 2 aromatic rings. The van der Waals surface area contributed by atoms with Gasteiger partial charge in [-0.1, -0.05) is 35.3 Å². The molecule has 146 valence electrons. The van der Waals surface area contributed by atoms with E-state index < -0.39 is 0 Å². The van der Waals surface area contributed by atoms with E-state index in [0.29, 0.717) is 28.1 Å². The molecule has 0 unspecified atom stereocenters. The van der Waals surface area contributed by atoms with Gasteiger partial charge in [0.2, 0.25) is 5.91 Å². The van der Waals surface area contributed by atoms with Crippen LogP contribution in [0, 0.1) is 0 Å². The maximum atomic E-state index is 11.9. The fourth-order valence-corrected chi connectivity index (χ4v) is 3.62. The fourth-order valence-electron chi connectivity index (χ4n) is 2.50. The molecule has 4 nitrogen and oxygen atoms in total. The van der Waals surface area contributed by atoms with Gasteiger partial charge in [-0.3, -0.25) is 4.79 Å². The SMILES string of the molecule is COc1ccc(CCCNC(=O)CSCc2ccc(Cl)c(Cl)c2)cc1OC. The largest absolute Gasteiger partial charge is 0.493 e. The molecule has 2 rings (SSSR count). The lowest BCUT2D eigenvalue weighted by atomic mass is 10.1. The first-order valence-electron chi connectivity index (χ1n) is 8.52. The number of benzene rings is 2. The molecule has 0 saturated carbocycles. The summed E-state index contributed by atoms with van der Waals surface area (Å²) in [6.45, 7) is 0.639. The minimum atomic E-state index is 0.0346. The van der Waals surface area contributed by atoms with Crippen LogP contribution < -0.4 is 14.8 Å². The van der Waals surface area contributed by atoms with Crippen molar-refractivity contribution >= 4 is 40.9 Å². The van der Waals surface area contributed by atoms with Crippen molar-refractivity contribution in [2.75, 3.05) is 26.5 Å². The number of methoxy groups -OCH3 is 2. The predicted octanol–water partition coefficient (Wildman–Crippen LogP) is 4.99. The minimum absolute atomic E-state index is 0.0346. The molecule has 0 radical (unpaired) electrons. The van der Waals surface area contributed by atoms with Crippen LogP contribution in [0.5, 0.6) is 11.5 Å². The summed E-state index contributed by atoms with van der Waals surface area (Å²) in [5, 5.41) is 4.02. The molecular weight excluding hydrogens is 405 g/mol. The summed E-state index contributed by atoms with van der Waals surface area (Å²) in [7, 11) is 3.24. The van der Waals surface area contributed by atoms with E-state index in [1.807, 2.05) is 30.3 Å². The van der Waals surface area contributed by atoms with Crippen molar-refractivity contribution in [2.45, 2.75) is 18.6 Å². The quantitative estimate of drug-likeness (QED) is 0.542. The number of nitrogens with one attached hydrogen (secondary N) is 1. The van der Waals surface area contributed by atoms with Crippen LogP contribution in [0.2, 0.25) is 10.0 Å². The van der Waals surface area contributed by atoms with Crippen LogP contribution in [0.25, 0.3) is 0 Å². The molecule has 2 aromatic carbocycles. The number of hydrogen-bond donors (Lipinski definition) is 1. The zero-order valence-corrected chi connectivity index (χ0v) is 17.7. The fraction of sp³-hybridized carbons (Fsp3) is 0.350. The van der Waals surface area contributed by atoms with E-state index >= 15 is 0 Å². The van der Waals surface area contributed by atoms with Gasteiger partial charge in [0.05, 0.1) is 30.0 Å². The highest BCUT2D eigenvalue weighted by molar-refractivity contribution is 7.99. The normalized spacial score (nSPS) is 10.5. The van der Waals surface area contributed by atoms with Gasteiger partial charge < -0.3 is 14.8 Å².